The number of benzene rings is 2. The minimum absolute atomic E-state index is 0.197. The van der Waals surface area contributed by atoms with Crippen molar-refractivity contribution in [2.24, 2.45) is 0 Å². The van der Waals surface area contributed by atoms with Gasteiger partial charge in [0.1, 0.15) is 5.82 Å². The molecule has 1 amide bonds. The highest BCUT2D eigenvalue weighted by Crippen LogP contribution is 2.28. The van der Waals surface area contributed by atoms with Crippen LogP contribution in [0.25, 0.3) is 0 Å². The maximum Gasteiger partial charge on any atom is 0.264 e. The summed E-state index contributed by atoms with van der Waals surface area (Å²) in [5.41, 5.74) is 1.05. The van der Waals surface area contributed by atoms with Gasteiger partial charge in [0, 0.05) is 18.3 Å². The molecule has 0 bridgehead atoms. The van der Waals surface area contributed by atoms with Crippen molar-refractivity contribution in [3.05, 3.63) is 53.8 Å². The molecule has 0 fully saturated rings. The van der Waals surface area contributed by atoms with E-state index in [2.05, 4.69) is 0 Å². The summed E-state index contributed by atoms with van der Waals surface area (Å²) in [6.45, 7) is 4.29. The van der Waals surface area contributed by atoms with Crippen LogP contribution in [0, 0.1) is 17.1 Å². The number of hydrogen-bond donors (Lipinski definition) is 0. The monoisotopic (exact) mass is 342 g/mol. The lowest BCUT2D eigenvalue weighted by Crippen LogP contribution is -2.34. The lowest BCUT2D eigenvalue weighted by atomic mass is 10.2. The van der Waals surface area contributed by atoms with E-state index in [9.17, 15) is 9.18 Å². The highest BCUT2D eigenvalue weighted by molar-refractivity contribution is 5.94. The molecule has 0 aromatic heterocycles. The number of carbonyl (C=O) groups is 1. The molecular formula is C19H19FN2O3. The summed E-state index contributed by atoms with van der Waals surface area (Å²) in [5.74, 6) is 0.187. The predicted octanol–water partition coefficient (Wildman–Crippen LogP) is 3.53. The van der Waals surface area contributed by atoms with Crippen LogP contribution in [-0.4, -0.2) is 25.7 Å². The Morgan fingerprint density at radius 1 is 1.12 bits per heavy atom. The summed E-state index contributed by atoms with van der Waals surface area (Å²) in [6, 6.07) is 12.5. The molecule has 0 aliphatic carbocycles. The summed E-state index contributed by atoms with van der Waals surface area (Å²) in [7, 11) is 0. The van der Waals surface area contributed by atoms with Crippen LogP contribution in [0.5, 0.6) is 11.5 Å². The number of nitrogens with zero attached hydrogens (tertiary/aromatic N) is 2. The minimum Gasteiger partial charge on any atom is -0.490 e. The molecule has 0 aliphatic rings. The van der Waals surface area contributed by atoms with Crippen LogP contribution in [0.4, 0.5) is 10.1 Å². The van der Waals surface area contributed by atoms with E-state index in [0.29, 0.717) is 35.9 Å². The summed E-state index contributed by atoms with van der Waals surface area (Å²) >= 11 is 0. The van der Waals surface area contributed by atoms with Crippen molar-refractivity contribution in [1.29, 1.82) is 5.26 Å². The molecule has 0 atom stereocenters. The van der Waals surface area contributed by atoms with Crippen LogP contribution in [0.15, 0.2) is 42.5 Å². The first kappa shape index (κ1) is 18.3. The first-order chi connectivity index (χ1) is 12.1. The standard InChI is InChI=1S/C19H19FN2O3/c1-3-22(16-8-6-15(20)7-9-16)19(23)13-25-17-10-5-14(12-21)11-18(17)24-4-2/h5-11H,3-4,13H2,1-2H3. The molecule has 130 valence electrons. The second-order valence-corrected chi connectivity index (χ2v) is 5.11. The Kier molecular flexibility index (Phi) is 6.35. The first-order valence-electron chi connectivity index (χ1n) is 7.94. The van der Waals surface area contributed by atoms with Gasteiger partial charge < -0.3 is 14.4 Å². The second kappa shape index (κ2) is 8.69. The normalized spacial score (nSPS) is 10.0. The Hall–Kier alpha value is -3.07. The molecule has 0 unspecified atom stereocenters. The topological polar surface area (TPSA) is 62.6 Å². The zero-order valence-electron chi connectivity index (χ0n) is 14.2. The van der Waals surface area contributed by atoms with Crippen LogP contribution < -0.4 is 14.4 Å². The number of amides is 1. The van der Waals surface area contributed by atoms with Gasteiger partial charge in [-0.1, -0.05) is 0 Å². The van der Waals surface area contributed by atoms with E-state index in [1.165, 1.54) is 17.0 Å². The van der Waals surface area contributed by atoms with E-state index in [1.54, 1.807) is 30.3 Å². The largest absolute Gasteiger partial charge is 0.490 e. The van der Waals surface area contributed by atoms with Crippen LogP contribution in [0.3, 0.4) is 0 Å². The SMILES string of the molecule is CCOc1cc(C#N)ccc1OCC(=O)N(CC)c1ccc(F)cc1. The summed E-state index contributed by atoms with van der Waals surface area (Å²) in [6.07, 6.45) is 0. The Morgan fingerprint density at radius 3 is 2.44 bits per heavy atom. The fraction of sp³-hybridized carbons (Fsp3) is 0.263. The number of carbonyl (C=O) groups excluding carboxylic acids is 1. The average Bonchev–Trinajstić information content (AvgIpc) is 2.63. The quantitative estimate of drug-likeness (QED) is 0.772. The minimum atomic E-state index is -0.359. The smallest absolute Gasteiger partial charge is 0.264 e. The summed E-state index contributed by atoms with van der Waals surface area (Å²) < 4.78 is 24.1. The van der Waals surface area contributed by atoms with Gasteiger partial charge in [0.2, 0.25) is 0 Å². The van der Waals surface area contributed by atoms with Gasteiger partial charge in [0.05, 0.1) is 18.2 Å². The van der Waals surface area contributed by atoms with E-state index >= 15 is 0 Å². The van der Waals surface area contributed by atoms with Crippen molar-refractivity contribution >= 4 is 11.6 Å². The van der Waals surface area contributed by atoms with Gasteiger partial charge in [0.25, 0.3) is 5.91 Å². The number of halogens is 1. The number of likely N-dealkylation sites (N-methyl/N-ethyl adjacent to an activating group) is 1. The summed E-state index contributed by atoms with van der Waals surface area (Å²) in [4.78, 5) is 13.9. The van der Waals surface area contributed by atoms with Gasteiger partial charge in [-0.15, -0.1) is 0 Å². The van der Waals surface area contributed by atoms with Crippen molar-refractivity contribution in [1.82, 2.24) is 0 Å². The van der Waals surface area contributed by atoms with E-state index < -0.39 is 0 Å². The Bertz CT molecular complexity index is 769. The van der Waals surface area contributed by atoms with Gasteiger partial charge >= 0.3 is 0 Å². The van der Waals surface area contributed by atoms with Crippen molar-refractivity contribution in [3.63, 3.8) is 0 Å². The van der Waals surface area contributed by atoms with Crippen molar-refractivity contribution < 1.29 is 18.7 Å². The van der Waals surface area contributed by atoms with Gasteiger partial charge in [-0.05, 0) is 50.2 Å². The third-order valence-corrected chi connectivity index (χ3v) is 3.48. The van der Waals surface area contributed by atoms with Gasteiger partial charge in [-0.3, -0.25) is 4.79 Å². The number of nitriles is 1. The van der Waals surface area contributed by atoms with Crippen LogP contribution in [-0.2, 0) is 4.79 Å². The van der Waals surface area contributed by atoms with Crippen LogP contribution >= 0.6 is 0 Å². The lowest BCUT2D eigenvalue weighted by Gasteiger charge is -2.21. The number of rotatable bonds is 7. The Balaban J connectivity index is 2.10. The molecule has 2 aromatic rings. The number of ether oxygens (including phenoxy) is 2. The van der Waals surface area contributed by atoms with Crippen LogP contribution in [0.2, 0.25) is 0 Å². The fourth-order valence-corrected chi connectivity index (χ4v) is 2.31. The molecular weight excluding hydrogens is 323 g/mol. The molecule has 2 rings (SSSR count). The zero-order valence-corrected chi connectivity index (χ0v) is 14.2. The van der Waals surface area contributed by atoms with Gasteiger partial charge in [-0.25, -0.2) is 4.39 Å². The van der Waals surface area contributed by atoms with E-state index in [1.807, 2.05) is 19.9 Å². The van der Waals surface area contributed by atoms with Crippen molar-refractivity contribution in [3.8, 4) is 17.6 Å². The van der Waals surface area contributed by atoms with Crippen molar-refractivity contribution in [2.75, 3.05) is 24.7 Å². The second-order valence-electron chi connectivity index (χ2n) is 5.11. The van der Waals surface area contributed by atoms with Crippen LogP contribution in [0.1, 0.15) is 19.4 Å². The first-order valence-corrected chi connectivity index (χ1v) is 7.94. The molecule has 25 heavy (non-hydrogen) atoms. The third kappa shape index (κ3) is 4.70. The predicted molar refractivity (Wildman–Crippen MR) is 92.2 cm³/mol. The number of anilines is 1. The maximum atomic E-state index is 13.0. The van der Waals surface area contributed by atoms with Gasteiger partial charge in [0.15, 0.2) is 18.1 Å². The summed E-state index contributed by atoms with van der Waals surface area (Å²) in [5, 5.41) is 8.96. The van der Waals surface area contributed by atoms with Crippen molar-refractivity contribution in [2.45, 2.75) is 13.8 Å². The Morgan fingerprint density at radius 2 is 1.84 bits per heavy atom. The van der Waals surface area contributed by atoms with Gasteiger partial charge in [-0.2, -0.15) is 5.26 Å². The fourth-order valence-electron chi connectivity index (χ4n) is 2.31. The molecule has 0 heterocycles. The molecule has 5 nitrogen and oxygen atoms in total. The molecule has 0 saturated carbocycles. The Labute approximate surface area is 146 Å². The molecule has 0 saturated heterocycles. The highest BCUT2D eigenvalue weighted by Gasteiger charge is 2.16. The average molecular weight is 342 g/mol. The maximum absolute atomic E-state index is 13.0. The molecule has 0 aliphatic heterocycles. The van der Waals surface area contributed by atoms with E-state index in [4.69, 9.17) is 14.7 Å². The zero-order chi connectivity index (χ0) is 18.2. The van der Waals surface area contributed by atoms with E-state index in [0.717, 1.165) is 0 Å². The number of hydrogen-bond acceptors (Lipinski definition) is 4. The molecule has 0 spiro atoms. The highest BCUT2D eigenvalue weighted by atomic mass is 19.1. The molecule has 0 N–H and O–H groups in total. The molecule has 0 radical (unpaired) electrons. The molecule has 2 aromatic carbocycles. The van der Waals surface area contributed by atoms with E-state index in [-0.39, 0.29) is 18.3 Å². The molecule has 6 heteroatoms. The lowest BCUT2D eigenvalue weighted by molar-refractivity contribution is -0.120. The third-order valence-electron chi connectivity index (χ3n) is 3.48.